The predicted molar refractivity (Wildman–Crippen MR) is 86.7 cm³/mol. The van der Waals surface area contributed by atoms with Gasteiger partial charge in [0.1, 0.15) is 0 Å². The SMILES string of the molecule is CC(C)n1cc([C@H](C)N[C@@H](C)c2cccc(Br)c2)cn1. The van der Waals surface area contributed by atoms with Gasteiger partial charge in [-0.25, -0.2) is 0 Å². The molecule has 2 aromatic rings. The third-order valence-electron chi connectivity index (χ3n) is 3.50. The molecule has 0 amide bonds. The summed E-state index contributed by atoms with van der Waals surface area (Å²) in [5.41, 5.74) is 2.50. The highest BCUT2D eigenvalue weighted by atomic mass is 79.9. The van der Waals surface area contributed by atoms with Crippen LogP contribution in [-0.2, 0) is 0 Å². The van der Waals surface area contributed by atoms with E-state index in [0.717, 1.165) is 4.47 Å². The molecule has 3 nitrogen and oxygen atoms in total. The molecule has 0 saturated carbocycles. The molecular formula is C16H22BrN3. The lowest BCUT2D eigenvalue weighted by molar-refractivity contribution is 0.491. The van der Waals surface area contributed by atoms with E-state index in [-0.39, 0.29) is 6.04 Å². The lowest BCUT2D eigenvalue weighted by Gasteiger charge is -2.19. The van der Waals surface area contributed by atoms with E-state index in [1.165, 1.54) is 11.1 Å². The second-order valence-corrected chi connectivity index (χ2v) is 6.43. The van der Waals surface area contributed by atoms with Crippen molar-refractivity contribution < 1.29 is 0 Å². The molecule has 0 saturated heterocycles. The van der Waals surface area contributed by atoms with Crippen molar-refractivity contribution in [1.29, 1.82) is 0 Å². The van der Waals surface area contributed by atoms with Gasteiger partial charge in [-0.15, -0.1) is 0 Å². The first-order valence-corrected chi connectivity index (χ1v) is 7.82. The third kappa shape index (κ3) is 3.70. The molecule has 2 atom stereocenters. The maximum Gasteiger partial charge on any atom is 0.0537 e. The summed E-state index contributed by atoms with van der Waals surface area (Å²) in [4.78, 5) is 0. The minimum absolute atomic E-state index is 0.275. The van der Waals surface area contributed by atoms with Crippen LogP contribution in [0.4, 0.5) is 0 Å². The van der Waals surface area contributed by atoms with Gasteiger partial charge in [-0.3, -0.25) is 4.68 Å². The molecule has 0 spiro atoms. The first kappa shape index (κ1) is 15.3. The van der Waals surface area contributed by atoms with Gasteiger partial charge in [-0.1, -0.05) is 28.1 Å². The molecule has 20 heavy (non-hydrogen) atoms. The van der Waals surface area contributed by atoms with Crippen LogP contribution in [0.1, 0.15) is 56.9 Å². The zero-order chi connectivity index (χ0) is 14.7. The Morgan fingerprint density at radius 3 is 2.40 bits per heavy atom. The Kier molecular flexibility index (Phi) is 5.00. The molecule has 0 aliphatic heterocycles. The third-order valence-corrected chi connectivity index (χ3v) is 3.99. The Morgan fingerprint density at radius 1 is 1.10 bits per heavy atom. The maximum atomic E-state index is 4.40. The highest BCUT2D eigenvalue weighted by Gasteiger charge is 2.13. The van der Waals surface area contributed by atoms with Crippen molar-refractivity contribution >= 4 is 15.9 Å². The standard InChI is InChI=1S/C16H22BrN3/c1-11(2)20-10-15(9-18-20)13(4)19-12(3)14-6-5-7-16(17)8-14/h5-13,19H,1-4H3/t12-,13-/m0/s1. The lowest BCUT2D eigenvalue weighted by atomic mass is 10.1. The van der Waals surface area contributed by atoms with Gasteiger partial charge in [0.15, 0.2) is 0 Å². The summed E-state index contributed by atoms with van der Waals surface area (Å²) < 4.78 is 3.11. The van der Waals surface area contributed by atoms with Crippen molar-refractivity contribution in [1.82, 2.24) is 15.1 Å². The molecular weight excluding hydrogens is 314 g/mol. The first-order valence-electron chi connectivity index (χ1n) is 7.03. The van der Waals surface area contributed by atoms with Gasteiger partial charge in [-0.2, -0.15) is 5.10 Å². The molecule has 108 valence electrons. The summed E-state index contributed by atoms with van der Waals surface area (Å²) in [6, 6.07) is 9.39. The Hall–Kier alpha value is -1.13. The molecule has 0 bridgehead atoms. The number of nitrogens with zero attached hydrogens (tertiary/aromatic N) is 2. The number of benzene rings is 1. The second kappa shape index (κ2) is 6.55. The van der Waals surface area contributed by atoms with Crippen LogP contribution in [0.3, 0.4) is 0 Å². The fourth-order valence-corrected chi connectivity index (χ4v) is 2.62. The number of aromatic nitrogens is 2. The maximum absolute atomic E-state index is 4.40. The fourth-order valence-electron chi connectivity index (χ4n) is 2.20. The van der Waals surface area contributed by atoms with Gasteiger partial charge >= 0.3 is 0 Å². The van der Waals surface area contributed by atoms with Crippen molar-refractivity contribution in [3.63, 3.8) is 0 Å². The van der Waals surface area contributed by atoms with Gasteiger partial charge in [0, 0.05) is 34.4 Å². The smallest absolute Gasteiger partial charge is 0.0537 e. The molecule has 0 fully saturated rings. The minimum Gasteiger partial charge on any atom is -0.304 e. The number of hydrogen-bond donors (Lipinski definition) is 1. The first-order chi connectivity index (χ1) is 9.47. The van der Waals surface area contributed by atoms with Crippen molar-refractivity contribution in [2.75, 3.05) is 0 Å². The summed E-state index contributed by atoms with van der Waals surface area (Å²) in [5.74, 6) is 0. The number of nitrogens with one attached hydrogen (secondary N) is 1. The van der Waals surface area contributed by atoms with E-state index in [0.29, 0.717) is 12.1 Å². The van der Waals surface area contributed by atoms with Crippen molar-refractivity contribution in [3.8, 4) is 0 Å². The molecule has 1 N–H and O–H groups in total. The van der Waals surface area contributed by atoms with Crippen LogP contribution in [0.5, 0.6) is 0 Å². The van der Waals surface area contributed by atoms with Gasteiger partial charge in [-0.05, 0) is 45.4 Å². The Labute approximate surface area is 129 Å². The highest BCUT2D eigenvalue weighted by molar-refractivity contribution is 9.10. The summed E-state index contributed by atoms with van der Waals surface area (Å²) in [7, 11) is 0. The van der Waals surface area contributed by atoms with E-state index >= 15 is 0 Å². The molecule has 0 unspecified atom stereocenters. The molecule has 1 heterocycles. The molecule has 0 aliphatic rings. The average molecular weight is 336 g/mol. The van der Waals surface area contributed by atoms with Crippen LogP contribution in [0.25, 0.3) is 0 Å². The number of hydrogen-bond acceptors (Lipinski definition) is 2. The summed E-state index contributed by atoms with van der Waals surface area (Å²) in [6.07, 6.45) is 4.07. The lowest BCUT2D eigenvalue weighted by Crippen LogP contribution is -2.22. The predicted octanol–water partition coefficient (Wildman–Crippen LogP) is 4.64. The Bertz CT molecular complexity index is 562. The zero-order valence-electron chi connectivity index (χ0n) is 12.5. The molecule has 1 aromatic heterocycles. The normalized spacial score (nSPS) is 14.5. The fraction of sp³-hybridized carbons (Fsp3) is 0.438. The van der Waals surface area contributed by atoms with Gasteiger partial charge < -0.3 is 5.32 Å². The van der Waals surface area contributed by atoms with Crippen LogP contribution in [0, 0.1) is 0 Å². The topological polar surface area (TPSA) is 29.9 Å². The largest absolute Gasteiger partial charge is 0.304 e. The minimum atomic E-state index is 0.275. The van der Waals surface area contributed by atoms with Gasteiger partial charge in [0.25, 0.3) is 0 Å². The van der Waals surface area contributed by atoms with E-state index in [1.807, 2.05) is 16.9 Å². The average Bonchev–Trinajstić information content (AvgIpc) is 2.88. The van der Waals surface area contributed by atoms with E-state index in [1.54, 1.807) is 0 Å². The Balaban J connectivity index is 2.04. The molecule has 4 heteroatoms. The summed E-state index contributed by atoms with van der Waals surface area (Å²) in [5, 5.41) is 8.02. The van der Waals surface area contributed by atoms with Crippen LogP contribution in [0.15, 0.2) is 41.1 Å². The van der Waals surface area contributed by atoms with Gasteiger partial charge in [0.05, 0.1) is 6.20 Å². The van der Waals surface area contributed by atoms with Crippen LogP contribution in [0.2, 0.25) is 0 Å². The van der Waals surface area contributed by atoms with Crippen LogP contribution >= 0.6 is 15.9 Å². The van der Waals surface area contributed by atoms with Crippen molar-refractivity contribution in [3.05, 3.63) is 52.3 Å². The van der Waals surface area contributed by atoms with E-state index in [2.05, 4.69) is 78.4 Å². The van der Waals surface area contributed by atoms with Crippen molar-refractivity contribution in [2.45, 2.75) is 45.8 Å². The zero-order valence-corrected chi connectivity index (χ0v) is 14.1. The molecule has 1 aromatic carbocycles. The highest BCUT2D eigenvalue weighted by Crippen LogP contribution is 2.22. The van der Waals surface area contributed by atoms with E-state index in [4.69, 9.17) is 0 Å². The number of rotatable bonds is 5. The molecule has 0 aliphatic carbocycles. The monoisotopic (exact) mass is 335 g/mol. The summed E-state index contributed by atoms with van der Waals surface area (Å²) >= 11 is 3.52. The molecule has 2 rings (SSSR count). The second-order valence-electron chi connectivity index (χ2n) is 5.51. The quantitative estimate of drug-likeness (QED) is 0.862. The van der Waals surface area contributed by atoms with E-state index < -0.39 is 0 Å². The Morgan fingerprint density at radius 2 is 1.80 bits per heavy atom. The van der Waals surface area contributed by atoms with Crippen molar-refractivity contribution in [2.24, 2.45) is 0 Å². The van der Waals surface area contributed by atoms with Crippen LogP contribution in [-0.4, -0.2) is 9.78 Å². The molecule has 0 radical (unpaired) electrons. The van der Waals surface area contributed by atoms with Crippen LogP contribution < -0.4 is 5.32 Å². The van der Waals surface area contributed by atoms with E-state index in [9.17, 15) is 0 Å². The number of halogens is 1. The summed E-state index contributed by atoms with van der Waals surface area (Å²) in [6.45, 7) is 8.64. The van der Waals surface area contributed by atoms with Gasteiger partial charge in [0.2, 0.25) is 0 Å².